The lowest BCUT2D eigenvalue weighted by atomic mass is 9.51. The summed E-state index contributed by atoms with van der Waals surface area (Å²) >= 11 is 0. The summed E-state index contributed by atoms with van der Waals surface area (Å²) in [6, 6.07) is 8.87. The van der Waals surface area contributed by atoms with Crippen molar-refractivity contribution in [1.82, 2.24) is 0 Å². The topological polar surface area (TPSA) is 83.8 Å². The maximum Gasteiger partial charge on any atom is 0.181 e. The van der Waals surface area contributed by atoms with E-state index in [9.17, 15) is 18.6 Å². The Hall–Kier alpha value is -1.21. The Kier molecular flexibility index (Phi) is 7.80. The number of aliphatic hydroxyl groups is 2. The molecule has 0 aromatic heterocycles. The largest absolute Gasteiger partial charge is 0.393 e. The van der Waals surface area contributed by atoms with Crippen molar-refractivity contribution in [3.63, 3.8) is 0 Å². The minimum atomic E-state index is -3.55. The fraction of sp³-hybridized carbons (Fsp3) is 0.758. The molecule has 6 rings (SSSR count). The zero-order chi connectivity index (χ0) is 27.3. The van der Waals surface area contributed by atoms with Gasteiger partial charge in [-0.15, -0.1) is 0 Å². The van der Waals surface area contributed by atoms with E-state index in [1.807, 2.05) is 6.07 Å². The lowest BCUT2D eigenvalue weighted by Crippen LogP contribution is -2.46. The van der Waals surface area contributed by atoms with Crippen LogP contribution in [0.3, 0.4) is 0 Å². The van der Waals surface area contributed by atoms with Gasteiger partial charge in [0.05, 0.1) is 21.9 Å². The molecule has 0 amide bonds. The summed E-state index contributed by atoms with van der Waals surface area (Å²) in [6.07, 6.45) is 14.3. The molecular weight excluding hydrogens is 508 g/mol. The third-order valence-electron chi connectivity index (χ3n) is 12.0. The second kappa shape index (κ2) is 10.9. The number of sulfone groups is 1. The van der Waals surface area contributed by atoms with Crippen LogP contribution in [0, 0.1) is 35.0 Å². The maximum atomic E-state index is 13.9. The van der Waals surface area contributed by atoms with E-state index >= 15 is 0 Å². The van der Waals surface area contributed by atoms with Gasteiger partial charge in [0.2, 0.25) is 0 Å². The van der Waals surface area contributed by atoms with Crippen LogP contribution in [-0.2, 0) is 14.6 Å². The van der Waals surface area contributed by atoms with Crippen LogP contribution in [0.4, 0.5) is 0 Å². The second-order valence-electron chi connectivity index (χ2n) is 13.9. The standard InChI is InChI=1S/C33H48O5S/c1-32-16-15-29-28-13-10-25(34)21-23(28)7-12-30(29)31(32)14-9-24(32)8-11-27(22-33(35)17-19-38-20-18-33)39(36,37)26-5-3-2-4-6-26/h2-7,24-25,27-31,34-35H,8-22H2,1H3/t24-,25?,27?,28?,29?,30?,31?,32?/m0/s1. The summed E-state index contributed by atoms with van der Waals surface area (Å²) < 4.78 is 33.3. The second-order valence-corrected chi connectivity index (χ2v) is 16.1. The molecule has 1 saturated heterocycles. The number of hydrogen-bond acceptors (Lipinski definition) is 5. The van der Waals surface area contributed by atoms with E-state index in [2.05, 4.69) is 13.0 Å². The van der Waals surface area contributed by atoms with E-state index in [1.54, 1.807) is 24.3 Å². The molecule has 0 spiro atoms. The molecule has 1 aliphatic heterocycles. The predicted octanol–water partition coefficient (Wildman–Crippen LogP) is 6.09. The smallest absolute Gasteiger partial charge is 0.181 e. The van der Waals surface area contributed by atoms with Crippen molar-refractivity contribution in [2.24, 2.45) is 35.0 Å². The zero-order valence-electron chi connectivity index (χ0n) is 23.6. The van der Waals surface area contributed by atoms with Crippen LogP contribution in [0.5, 0.6) is 0 Å². The number of benzene rings is 1. The number of hydrogen-bond donors (Lipinski definition) is 2. The van der Waals surface area contributed by atoms with Gasteiger partial charge in [0.25, 0.3) is 0 Å². The minimum absolute atomic E-state index is 0.145. The van der Waals surface area contributed by atoms with Gasteiger partial charge in [0, 0.05) is 13.2 Å². The highest BCUT2D eigenvalue weighted by atomic mass is 32.2. The van der Waals surface area contributed by atoms with Crippen molar-refractivity contribution in [1.29, 1.82) is 0 Å². The van der Waals surface area contributed by atoms with Crippen LogP contribution in [0.25, 0.3) is 0 Å². The maximum absolute atomic E-state index is 13.9. The number of allylic oxidation sites excluding steroid dienone is 1. The van der Waals surface area contributed by atoms with Gasteiger partial charge in [-0.2, -0.15) is 0 Å². The monoisotopic (exact) mass is 556 g/mol. The van der Waals surface area contributed by atoms with E-state index in [4.69, 9.17) is 4.74 Å². The molecule has 1 heterocycles. The van der Waals surface area contributed by atoms with Crippen molar-refractivity contribution in [2.75, 3.05) is 13.2 Å². The average Bonchev–Trinajstić information content (AvgIpc) is 3.27. The molecule has 0 bridgehead atoms. The molecule has 4 fully saturated rings. The highest BCUT2D eigenvalue weighted by molar-refractivity contribution is 7.92. The molecule has 0 radical (unpaired) electrons. The summed E-state index contributed by atoms with van der Waals surface area (Å²) in [6.45, 7) is 3.51. The van der Waals surface area contributed by atoms with Crippen LogP contribution in [0.1, 0.15) is 90.4 Å². The first-order chi connectivity index (χ1) is 18.7. The van der Waals surface area contributed by atoms with Crippen molar-refractivity contribution >= 4 is 9.84 Å². The molecule has 5 aliphatic rings. The average molecular weight is 557 g/mol. The van der Waals surface area contributed by atoms with Crippen molar-refractivity contribution in [3.05, 3.63) is 42.0 Å². The number of rotatable bonds is 7. The van der Waals surface area contributed by atoms with E-state index < -0.39 is 20.7 Å². The molecule has 2 N–H and O–H groups in total. The lowest BCUT2D eigenvalue weighted by Gasteiger charge is -2.54. The molecule has 1 aromatic carbocycles. The van der Waals surface area contributed by atoms with Gasteiger partial charge in [-0.05, 0) is 131 Å². The summed E-state index contributed by atoms with van der Waals surface area (Å²) in [7, 11) is -3.55. The first kappa shape index (κ1) is 27.9. The molecule has 216 valence electrons. The third-order valence-corrected chi connectivity index (χ3v) is 14.2. The number of fused-ring (bicyclic) bond motifs is 5. The van der Waals surface area contributed by atoms with Crippen LogP contribution >= 0.6 is 0 Å². The van der Waals surface area contributed by atoms with Gasteiger partial charge in [0.1, 0.15) is 0 Å². The van der Waals surface area contributed by atoms with Gasteiger partial charge >= 0.3 is 0 Å². The predicted molar refractivity (Wildman–Crippen MR) is 153 cm³/mol. The Balaban J connectivity index is 1.19. The first-order valence-electron chi connectivity index (χ1n) is 15.7. The molecule has 1 aromatic rings. The molecule has 39 heavy (non-hydrogen) atoms. The fourth-order valence-electron chi connectivity index (χ4n) is 9.77. The first-order valence-corrected chi connectivity index (χ1v) is 17.2. The van der Waals surface area contributed by atoms with Gasteiger partial charge in [-0.25, -0.2) is 8.42 Å². The van der Waals surface area contributed by atoms with Crippen LogP contribution < -0.4 is 0 Å². The Labute approximate surface area is 235 Å². The van der Waals surface area contributed by atoms with Gasteiger partial charge in [0.15, 0.2) is 9.84 Å². The van der Waals surface area contributed by atoms with Gasteiger partial charge < -0.3 is 14.9 Å². The minimum Gasteiger partial charge on any atom is -0.393 e. The van der Waals surface area contributed by atoms with E-state index in [0.29, 0.717) is 55.6 Å². The highest BCUT2D eigenvalue weighted by Gasteiger charge is 2.55. The fourth-order valence-corrected chi connectivity index (χ4v) is 11.7. The van der Waals surface area contributed by atoms with Crippen molar-refractivity contribution in [2.45, 2.75) is 112 Å². The molecule has 8 atom stereocenters. The van der Waals surface area contributed by atoms with Gasteiger partial charge in [-0.1, -0.05) is 36.8 Å². The molecule has 6 heteroatoms. The summed E-state index contributed by atoms with van der Waals surface area (Å²) in [5, 5.41) is 21.0. The number of aliphatic hydroxyl groups excluding tert-OH is 1. The van der Waals surface area contributed by atoms with Crippen molar-refractivity contribution in [3.8, 4) is 0 Å². The SMILES string of the molecule is CC12CCC3C4CCC(O)CC4=CCC3C1CC[C@@H]2CCC(CC1(O)CCOCC1)S(=O)(=O)c1ccccc1. The Bertz CT molecular complexity index is 1140. The summed E-state index contributed by atoms with van der Waals surface area (Å²) in [4.78, 5) is 0.379. The molecular formula is C33H48O5S. The molecule has 3 saturated carbocycles. The Morgan fingerprint density at radius 2 is 1.77 bits per heavy atom. The van der Waals surface area contributed by atoms with E-state index in [0.717, 1.165) is 49.9 Å². The van der Waals surface area contributed by atoms with Crippen molar-refractivity contribution < 1.29 is 23.4 Å². The molecule has 5 nitrogen and oxygen atoms in total. The van der Waals surface area contributed by atoms with Crippen LogP contribution in [0.2, 0.25) is 0 Å². The third kappa shape index (κ3) is 5.29. The summed E-state index contributed by atoms with van der Waals surface area (Å²) in [5.74, 6) is 3.44. The Morgan fingerprint density at radius 3 is 2.54 bits per heavy atom. The highest BCUT2D eigenvalue weighted by Crippen LogP contribution is 2.64. The Morgan fingerprint density at radius 1 is 1.00 bits per heavy atom. The quantitative estimate of drug-likeness (QED) is 0.397. The molecule has 4 aliphatic carbocycles. The number of ether oxygens (including phenoxy) is 1. The zero-order valence-corrected chi connectivity index (χ0v) is 24.5. The van der Waals surface area contributed by atoms with Crippen LogP contribution in [0.15, 0.2) is 46.9 Å². The van der Waals surface area contributed by atoms with E-state index in [1.165, 1.54) is 31.3 Å². The summed E-state index contributed by atoms with van der Waals surface area (Å²) in [5.41, 5.74) is 0.843. The normalized spacial score (nSPS) is 38.7. The van der Waals surface area contributed by atoms with Crippen LogP contribution in [-0.4, -0.2) is 48.8 Å². The lowest BCUT2D eigenvalue weighted by molar-refractivity contribution is -0.0689. The van der Waals surface area contributed by atoms with Gasteiger partial charge in [-0.3, -0.25) is 0 Å². The molecule has 7 unspecified atom stereocenters. The van der Waals surface area contributed by atoms with E-state index in [-0.39, 0.29) is 11.5 Å².